The van der Waals surface area contributed by atoms with E-state index in [-0.39, 0.29) is 16.6 Å². The van der Waals surface area contributed by atoms with Crippen LogP contribution in [0.1, 0.15) is 43.0 Å². The van der Waals surface area contributed by atoms with Gasteiger partial charge >= 0.3 is 0 Å². The van der Waals surface area contributed by atoms with Crippen molar-refractivity contribution in [1.82, 2.24) is 0 Å². The van der Waals surface area contributed by atoms with Gasteiger partial charge in [0.2, 0.25) is 0 Å². The zero-order valence-corrected chi connectivity index (χ0v) is 11.5. The summed E-state index contributed by atoms with van der Waals surface area (Å²) in [6.45, 7) is 1.60. The summed E-state index contributed by atoms with van der Waals surface area (Å²) in [4.78, 5) is 12.1. The van der Waals surface area contributed by atoms with Crippen LogP contribution in [-0.2, 0) is 10.8 Å². The molecule has 0 amide bonds. The van der Waals surface area contributed by atoms with Crippen LogP contribution in [0.2, 0.25) is 0 Å². The molecule has 2 unspecified atom stereocenters. The molecular weight excluding hydrogens is 270 g/mol. The van der Waals surface area contributed by atoms with Gasteiger partial charge in [-0.2, -0.15) is 0 Å². The van der Waals surface area contributed by atoms with E-state index in [0.29, 0.717) is 0 Å². The van der Waals surface area contributed by atoms with Gasteiger partial charge in [-0.1, -0.05) is 12.8 Å². The lowest BCUT2D eigenvalue weighted by atomic mass is 10.1. The summed E-state index contributed by atoms with van der Waals surface area (Å²) in [5.74, 6) is -2.42. The third-order valence-electron chi connectivity index (χ3n) is 3.55. The van der Waals surface area contributed by atoms with Crippen molar-refractivity contribution in [3.8, 4) is 0 Å². The number of benzene rings is 1. The molecule has 0 heterocycles. The third-order valence-corrected chi connectivity index (χ3v) is 5.59. The fourth-order valence-electron chi connectivity index (χ4n) is 2.40. The molecule has 0 bridgehead atoms. The van der Waals surface area contributed by atoms with Crippen molar-refractivity contribution in [2.45, 2.75) is 43.1 Å². The van der Waals surface area contributed by atoms with Crippen LogP contribution >= 0.6 is 0 Å². The van der Waals surface area contributed by atoms with Crippen LogP contribution in [0.25, 0.3) is 0 Å². The van der Waals surface area contributed by atoms with Crippen molar-refractivity contribution < 1.29 is 17.8 Å². The Morgan fingerprint density at radius 1 is 1.26 bits per heavy atom. The Bertz CT molecular complexity index is 510. The van der Waals surface area contributed by atoms with Gasteiger partial charge in [0.05, 0.1) is 5.25 Å². The van der Waals surface area contributed by atoms with Gasteiger partial charge in [0.1, 0.15) is 0 Å². The van der Waals surface area contributed by atoms with Gasteiger partial charge in [-0.15, -0.1) is 0 Å². The lowest BCUT2D eigenvalue weighted by molar-refractivity contribution is 0.0992. The second-order valence-electron chi connectivity index (χ2n) is 4.87. The topological polar surface area (TPSA) is 34.1 Å². The van der Waals surface area contributed by atoms with E-state index >= 15 is 0 Å². The van der Waals surface area contributed by atoms with E-state index in [0.717, 1.165) is 37.8 Å². The van der Waals surface area contributed by atoms with Crippen LogP contribution in [0, 0.1) is 11.6 Å². The average molecular weight is 286 g/mol. The molecular formula is C14H16F2O2S. The summed E-state index contributed by atoms with van der Waals surface area (Å²) in [5.41, 5.74) is 0.0812. The molecule has 1 aliphatic carbocycles. The zero-order valence-electron chi connectivity index (χ0n) is 10.7. The molecule has 1 aromatic rings. The number of hydrogen-bond donors (Lipinski definition) is 0. The molecule has 2 nitrogen and oxygen atoms in total. The lowest BCUT2D eigenvalue weighted by Gasteiger charge is -2.15. The van der Waals surface area contributed by atoms with Crippen LogP contribution in [0.4, 0.5) is 8.78 Å². The second-order valence-corrected chi connectivity index (χ2v) is 6.90. The van der Waals surface area contributed by atoms with Gasteiger partial charge < -0.3 is 0 Å². The molecule has 2 atom stereocenters. The smallest absolute Gasteiger partial charge is 0.178 e. The van der Waals surface area contributed by atoms with Crippen LogP contribution in [0.3, 0.4) is 0 Å². The minimum Gasteiger partial charge on any atom is -0.293 e. The maximum absolute atomic E-state index is 13.1. The predicted octanol–water partition coefficient (Wildman–Crippen LogP) is 3.23. The number of carbonyl (C=O) groups is 1. The Labute approximate surface area is 113 Å². The second kappa shape index (κ2) is 5.90. The molecule has 5 heteroatoms. The number of carbonyl (C=O) groups excluding carboxylic acids is 1. The molecule has 104 valence electrons. The van der Waals surface area contributed by atoms with Crippen LogP contribution in [0.15, 0.2) is 18.2 Å². The lowest BCUT2D eigenvalue weighted by Crippen LogP contribution is -2.29. The summed E-state index contributed by atoms with van der Waals surface area (Å²) in [5, 5.41) is -0.614. The van der Waals surface area contributed by atoms with Crippen LogP contribution in [0.5, 0.6) is 0 Å². The van der Waals surface area contributed by atoms with Crippen LogP contribution in [-0.4, -0.2) is 20.5 Å². The molecule has 0 saturated heterocycles. The van der Waals surface area contributed by atoms with Crippen molar-refractivity contribution in [2.75, 3.05) is 0 Å². The van der Waals surface area contributed by atoms with E-state index < -0.39 is 27.7 Å². The highest BCUT2D eigenvalue weighted by atomic mass is 32.2. The molecule has 1 fully saturated rings. The number of ketones is 1. The maximum Gasteiger partial charge on any atom is 0.178 e. The fourth-order valence-corrected chi connectivity index (χ4v) is 4.12. The first-order chi connectivity index (χ1) is 9.00. The van der Waals surface area contributed by atoms with E-state index in [1.165, 1.54) is 6.07 Å². The Kier molecular flexibility index (Phi) is 4.45. The maximum atomic E-state index is 13.1. The fraction of sp³-hybridized carbons (Fsp3) is 0.500. The van der Waals surface area contributed by atoms with Gasteiger partial charge in [0.15, 0.2) is 17.4 Å². The number of rotatable bonds is 4. The first-order valence-corrected chi connectivity index (χ1v) is 7.67. The van der Waals surface area contributed by atoms with E-state index in [2.05, 4.69) is 0 Å². The molecule has 0 aromatic heterocycles. The van der Waals surface area contributed by atoms with Crippen molar-refractivity contribution in [1.29, 1.82) is 0 Å². The third kappa shape index (κ3) is 3.08. The first-order valence-electron chi connectivity index (χ1n) is 6.39. The van der Waals surface area contributed by atoms with Crippen molar-refractivity contribution in [2.24, 2.45) is 0 Å². The highest BCUT2D eigenvalue weighted by molar-refractivity contribution is 7.87. The first kappa shape index (κ1) is 14.3. The summed E-state index contributed by atoms with van der Waals surface area (Å²) in [7, 11) is -1.25. The number of Topliss-reactive ketones (excluding diaryl/α,β-unsaturated/α-hetero) is 1. The molecule has 0 aliphatic heterocycles. The zero-order chi connectivity index (χ0) is 14.0. The van der Waals surface area contributed by atoms with Gasteiger partial charge in [0, 0.05) is 21.6 Å². The largest absolute Gasteiger partial charge is 0.293 e. The molecule has 1 aliphatic rings. The molecule has 1 aromatic carbocycles. The summed E-state index contributed by atoms with van der Waals surface area (Å²) in [6.07, 6.45) is 3.84. The molecule has 1 saturated carbocycles. The van der Waals surface area contributed by atoms with Crippen LogP contribution < -0.4 is 0 Å². The van der Waals surface area contributed by atoms with Gasteiger partial charge in [-0.3, -0.25) is 9.00 Å². The quantitative estimate of drug-likeness (QED) is 0.796. The molecule has 19 heavy (non-hydrogen) atoms. The molecule has 2 rings (SSSR count). The van der Waals surface area contributed by atoms with Crippen molar-refractivity contribution in [3.05, 3.63) is 35.4 Å². The summed E-state index contributed by atoms with van der Waals surface area (Å²) < 4.78 is 38.2. The Balaban J connectivity index is 2.13. The average Bonchev–Trinajstić information content (AvgIpc) is 2.93. The monoisotopic (exact) mass is 286 g/mol. The van der Waals surface area contributed by atoms with Gasteiger partial charge in [-0.25, -0.2) is 8.78 Å². The summed E-state index contributed by atoms with van der Waals surface area (Å²) >= 11 is 0. The SMILES string of the molecule is CC(C(=O)c1ccc(F)c(F)c1)S(=O)C1CCCC1. The van der Waals surface area contributed by atoms with E-state index in [4.69, 9.17) is 0 Å². The van der Waals surface area contributed by atoms with Crippen molar-refractivity contribution >= 4 is 16.6 Å². The van der Waals surface area contributed by atoms with Gasteiger partial charge in [-0.05, 0) is 38.0 Å². The Hall–Kier alpha value is -1.10. The predicted molar refractivity (Wildman–Crippen MR) is 70.5 cm³/mol. The van der Waals surface area contributed by atoms with E-state index in [9.17, 15) is 17.8 Å². The van der Waals surface area contributed by atoms with E-state index in [1.807, 2.05) is 0 Å². The normalized spacial score (nSPS) is 19.3. The summed E-state index contributed by atoms with van der Waals surface area (Å²) in [6, 6.07) is 3.04. The Morgan fingerprint density at radius 2 is 1.89 bits per heavy atom. The van der Waals surface area contributed by atoms with Crippen molar-refractivity contribution in [3.63, 3.8) is 0 Å². The Morgan fingerprint density at radius 3 is 2.47 bits per heavy atom. The minimum atomic E-state index is -1.25. The standard InChI is InChI=1S/C14H16F2O2S/c1-9(19(18)11-4-2-3-5-11)14(17)10-6-7-12(15)13(16)8-10/h6-9,11H,2-5H2,1H3. The molecule has 0 radical (unpaired) electrons. The minimum absolute atomic E-state index is 0.0595. The highest BCUT2D eigenvalue weighted by Gasteiger charge is 2.30. The number of hydrogen-bond acceptors (Lipinski definition) is 2. The van der Waals surface area contributed by atoms with E-state index in [1.54, 1.807) is 6.92 Å². The molecule has 0 N–H and O–H groups in total. The highest BCUT2D eigenvalue weighted by Crippen LogP contribution is 2.26. The molecule has 0 spiro atoms. The number of halogens is 2. The van der Waals surface area contributed by atoms with Gasteiger partial charge in [0.25, 0.3) is 0 Å².